The van der Waals surface area contributed by atoms with Crippen molar-refractivity contribution in [2.24, 2.45) is 0 Å². The molecule has 0 saturated heterocycles. The fraction of sp³-hybridized carbons (Fsp3) is 0.667. The van der Waals surface area contributed by atoms with Crippen LogP contribution in [0.3, 0.4) is 0 Å². The van der Waals surface area contributed by atoms with Crippen LogP contribution in [0.15, 0.2) is 6.20 Å². The molecular formula is C15H19ClN4O5. The van der Waals surface area contributed by atoms with Crippen molar-refractivity contribution in [3.63, 3.8) is 0 Å². The molecule has 2 bridgehead atoms. The van der Waals surface area contributed by atoms with Crippen LogP contribution in [0.4, 0.5) is 11.5 Å². The van der Waals surface area contributed by atoms with E-state index in [-0.39, 0.29) is 29.9 Å². The van der Waals surface area contributed by atoms with Crippen molar-refractivity contribution >= 4 is 29.1 Å². The van der Waals surface area contributed by atoms with E-state index in [0.717, 1.165) is 6.20 Å². The van der Waals surface area contributed by atoms with Crippen LogP contribution in [0.25, 0.3) is 0 Å². The first-order valence-electron chi connectivity index (χ1n) is 8.11. The highest BCUT2D eigenvalue weighted by molar-refractivity contribution is 6.28. The summed E-state index contributed by atoms with van der Waals surface area (Å²) >= 11 is 5.86. The molecule has 0 spiro atoms. The minimum absolute atomic E-state index is 0.01000. The number of fused-ring (bicyclic) bond motifs is 2. The molecule has 1 aromatic rings. The molecule has 9 nitrogen and oxygen atoms in total. The SMILES string of the molecule is CCOC(=O)CN(c1nc(Cl)ncc1[N+](=O)[O-])C12CCC(O)(CC1)C2. The average molecular weight is 371 g/mol. The fourth-order valence-electron chi connectivity index (χ4n) is 3.99. The summed E-state index contributed by atoms with van der Waals surface area (Å²) in [6.45, 7) is 1.70. The van der Waals surface area contributed by atoms with Crippen molar-refractivity contribution in [2.45, 2.75) is 50.2 Å². The molecule has 2 aliphatic rings. The first-order chi connectivity index (χ1) is 11.8. The van der Waals surface area contributed by atoms with E-state index in [9.17, 15) is 20.0 Å². The van der Waals surface area contributed by atoms with Gasteiger partial charge in [0, 0.05) is 5.54 Å². The number of esters is 1. The van der Waals surface area contributed by atoms with Gasteiger partial charge in [0.1, 0.15) is 12.7 Å². The van der Waals surface area contributed by atoms with Gasteiger partial charge in [0.25, 0.3) is 0 Å². The maximum Gasteiger partial charge on any atom is 0.329 e. The predicted octanol–water partition coefficient (Wildman–Crippen LogP) is 1.86. The number of carbonyl (C=O) groups excluding carboxylic acids is 1. The molecule has 2 saturated carbocycles. The second-order valence-corrected chi connectivity index (χ2v) is 6.96. The van der Waals surface area contributed by atoms with E-state index >= 15 is 0 Å². The number of nitro groups is 1. The standard InChI is InChI=1S/C15H19ClN4O5/c1-2-25-11(21)8-19(14-3-5-15(22,9-14)6-4-14)12-10(20(23)24)7-17-13(16)18-12/h7,22H,2-6,8-9H2,1H3. The number of hydrogen-bond acceptors (Lipinski definition) is 8. The van der Waals surface area contributed by atoms with Crippen molar-refractivity contribution in [1.82, 2.24) is 9.97 Å². The number of halogens is 1. The minimum atomic E-state index is -0.793. The number of aliphatic hydroxyl groups is 1. The van der Waals surface area contributed by atoms with Gasteiger partial charge < -0.3 is 14.7 Å². The average Bonchev–Trinajstić information content (AvgIpc) is 3.07. The third-order valence-electron chi connectivity index (χ3n) is 5.11. The van der Waals surface area contributed by atoms with Gasteiger partial charge in [0.05, 0.1) is 17.1 Å². The highest BCUT2D eigenvalue weighted by Gasteiger charge is 2.57. The Morgan fingerprint density at radius 3 is 2.68 bits per heavy atom. The van der Waals surface area contributed by atoms with Crippen LogP contribution in [-0.4, -0.2) is 50.3 Å². The summed E-state index contributed by atoms with van der Waals surface area (Å²) in [4.78, 5) is 32.2. The zero-order chi connectivity index (χ0) is 18.2. The van der Waals surface area contributed by atoms with E-state index in [4.69, 9.17) is 16.3 Å². The van der Waals surface area contributed by atoms with E-state index in [2.05, 4.69) is 9.97 Å². The van der Waals surface area contributed by atoms with Gasteiger partial charge in [-0.05, 0) is 50.6 Å². The molecule has 25 heavy (non-hydrogen) atoms. The second kappa shape index (κ2) is 6.38. The summed E-state index contributed by atoms with van der Waals surface area (Å²) in [6, 6.07) is 0. The minimum Gasteiger partial charge on any atom is -0.465 e. The summed E-state index contributed by atoms with van der Waals surface area (Å²) < 4.78 is 5.02. The van der Waals surface area contributed by atoms with Gasteiger partial charge in [0.2, 0.25) is 11.1 Å². The number of hydrogen-bond donors (Lipinski definition) is 1. The maximum absolute atomic E-state index is 12.1. The van der Waals surface area contributed by atoms with Gasteiger partial charge in [-0.2, -0.15) is 4.98 Å². The highest BCUT2D eigenvalue weighted by Crippen LogP contribution is 2.55. The van der Waals surface area contributed by atoms with Crippen molar-refractivity contribution in [1.29, 1.82) is 0 Å². The first-order valence-corrected chi connectivity index (χ1v) is 8.49. The lowest BCUT2D eigenvalue weighted by molar-refractivity contribution is -0.384. The third kappa shape index (κ3) is 3.25. The van der Waals surface area contributed by atoms with Crippen LogP contribution in [0.1, 0.15) is 39.0 Å². The van der Waals surface area contributed by atoms with E-state index < -0.39 is 22.0 Å². The molecule has 0 atom stereocenters. The van der Waals surface area contributed by atoms with Crippen LogP contribution in [0, 0.1) is 10.1 Å². The number of rotatable bonds is 6. The Balaban J connectivity index is 2.05. The number of carbonyl (C=O) groups is 1. The van der Waals surface area contributed by atoms with Crippen LogP contribution >= 0.6 is 11.6 Å². The molecule has 136 valence electrons. The monoisotopic (exact) mass is 370 g/mol. The Morgan fingerprint density at radius 2 is 2.16 bits per heavy atom. The Hall–Kier alpha value is -2.00. The van der Waals surface area contributed by atoms with E-state index in [1.54, 1.807) is 11.8 Å². The van der Waals surface area contributed by atoms with Gasteiger partial charge in [-0.1, -0.05) is 0 Å². The molecule has 2 fully saturated rings. The van der Waals surface area contributed by atoms with Gasteiger partial charge in [-0.25, -0.2) is 4.98 Å². The molecule has 3 rings (SSSR count). The lowest BCUT2D eigenvalue weighted by Crippen LogP contribution is -2.49. The molecule has 0 unspecified atom stereocenters. The zero-order valence-electron chi connectivity index (χ0n) is 13.8. The van der Waals surface area contributed by atoms with Gasteiger partial charge in [0.15, 0.2) is 0 Å². The Labute approximate surface area is 149 Å². The van der Waals surface area contributed by atoms with Crippen molar-refractivity contribution in [3.05, 3.63) is 21.6 Å². The summed E-state index contributed by atoms with van der Waals surface area (Å²) in [5.74, 6) is -0.521. The molecule has 0 aromatic carbocycles. The number of anilines is 1. The maximum atomic E-state index is 12.1. The van der Waals surface area contributed by atoms with Crippen LogP contribution < -0.4 is 4.90 Å². The van der Waals surface area contributed by atoms with E-state index in [0.29, 0.717) is 32.1 Å². The number of nitrogens with zero attached hydrogens (tertiary/aromatic N) is 4. The Kier molecular flexibility index (Phi) is 4.54. The van der Waals surface area contributed by atoms with Crippen molar-refractivity contribution in [3.8, 4) is 0 Å². The third-order valence-corrected chi connectivity index (χ3v) is 5.29. The summed E-state index contributed by atoms with van der Waals surface area (Å²) in [7, 11) is 0. The van der Waals surface area contributed by atoms with Crippen LogP contribution in [0.5, 0.6) is 0 Å². The zero-order valence-corrected chi connectivity index (χ0v) is 14.5. The van der Waals surface area contributed by atoms with E-state index in [1.165, 1.54) is 0 Å². The van der Waals surface area contributed by atoms with Crippen molar-refractivity contribution in [2.75, 3.05) is 18.1 Å². The van der Waals surface area contributed by atoms with Gasteiger partial charge >= 0.3 is 11.7 Å². The van der Waals surface area contributed by atoms with Gasteiger partial charge in [-0.3, -0.25) is 14.9 Å². The number of ether oxygens (including phenoxy) is 1. The van der Waals surface area contributed by atoms with Crippen LogP contribution in [-0.2, 0) is 9.53 Å². The van der Waals surface area contributed by atoms with Gasteiger partial charge in [-0.15, -0.1) is 0 Å². The molecule has 0 aliphatic heterocycles. The number of aromatic nitrogens is 2. The largest absolute Gasteiger partial charge is 0.465 e. The molecule has 2 aliphatic carbocycles. The lowest BCUT2D eigenvalue weighted by atomic mass is 9.91. The normalized spacial score (nSPS) is 27.3. The smallest absolute Gasteiger partial charge is 0.329 e. The topological polar surface area (TPSA) is 119 Å². The molecule has 1 heterocycles. The van der Waals surface area contributed by atoms with E-state index in [1.807, 2.05) is 0 Å². The molecule has 1 aromatic heterocycles. The molecule has 1 N–H and O–H groups in total. The Morgan fingerprint density at radius 1 is 1.48 bits per heavy atom. The van der Waals surface area contributed by atoms with Crippen molar-refractivity contribution < 1.29 is 19.6 Å². The summed E-state index contributed by atoms with van der Waals surface area (Å²) in [6.07, 6.45) is 3.86. The predicted molar refractivity (Wildman–Crippen MR) is 88.4 cm³/mol. The molecular weight excluding hydrogens is 352 g/mol. The quantitative estimate of drug-likeness (QED) is 0.349. The Bertz CT molecular complexity index is 705. The molecule has 10 heteroatoms. The lowest BCUT2D eigenvalue weighted by Gasteiger charge is -2.39. The first kappa shape index (κ1) is 17.8. The fourth-order valence-corrected chi connectivity index (χ4v) is 4.12. The molecule has 0 radical (unpaired) electrons. The van der Waals surface area contributed by atoms with Crippen LogP contribution in [0.2, 0.25) is 5.28 Å². The summed E-state index contributed by atoms with van der Waals surface area (Å²) in [5, 5.41) is 21.8. The summed E-state index contributed by atoms with van der Waals surface area (Å²) in [5.41, 5.74) is -1.70. The highest BCUT2D eigenvalue weighted by atomic mass is 35.5. The second-order valence-electron chi connectivity index (χ2n) is 6.62. The molecule has 0 amide bonds.